The topological polar surface area (TPSA) is 78.3 Å². The number of halogens is 4. The highest BCUT2D eigenvalue weighted by Crippen LogP contribution is 2.38. The van der Waals surface area contributed by atoms with Crippen LogP contribution in [0.3, 0.4) is 0 Å². The van der Waals surface area contributed by atoms with E-state index in [1.165, 1.54) is 10.8 Å². The summed E-state index contributed by atoms with van der Waals surface area (Å²) in [6.45, 7) is 1.80. The number of hydrogen-bond acceptors (Lipinski definition) is 7. The number of hydrogen-bond donors (Lipinski definition) is 0. The molecule has 0 aliphatic rings. The van der Waals surface area contributed by atoms with Crippen LogP contribution in [0, 0.1) is 6.92 Å². The summed E-state index contributed by atoms with van der Waals surface area (Å²) < 4.78 is 53.3. The van der Waals surface area contributed by atoms with Gasteiger partial charge in [0.1, 0.15) is 39.7 Å². The molecule has 35 heavy (non-hydrogen) atoms. The van der Waals surface area contributed by atoms with Crippen molar-refractivity contribution in [1.82, 2.24) is 24.6 Å². The van der Waals surface area contributed by atoms with E-state index >= 15 is 0 Å². The molecule has 6 aromatic rings. The maximum Gasteiger partial charge on any atom is 0.433 e. The summed E-state index contributed by atoms with van der Waals surface area (Å²) in [5, 5.41) is 5.56. The van der Waals surface area contributed by atoms with Gasteiger partial charge in [0.25, 0.3) is 0 Å². The number of rotatable bonds is 4. The van der Waals surface area contributed by atoms with E-state index in [0.29, 0.717) is 54.9 Å². The van der Waals surface area contributed by atoms with Crippen LogP contribution in [0.25, 0.3) is 37.7 Å². The smallest absolute Gasteiger partial charge is 0.433 e. The van der Waals surface area contributed by atoms with Crippen molar-refractivity contribution in [2.75, 3.05) is 0 Å². The molecular weight excluding hydrogens is 503 g/mol. The minimum atomic E-state index is -4.53. The molecule has 0 aliphatic heterocycles. The number of benzene rings is 1. The Balaban J connectivity index is 1.36. The van der Waals surface area contributed by atoms with Gasteiger partial charge >= 0.3 is 6.18 Å². The van der Waals surface area contributed by atoms with Crippen molar-refractivity contribution >= 4 is 49.0 Å². The van der Waals surface area contributed by atoms with Crippen molar-refractivity contribution in [3.05, 3.63) is 70.8 Å². The Kier molecular flexibility index (Phi) is 4.94. The van der Waals surface area contributed by atoms with Crippen LogP contribution in [0.5, 0.6) is 5.75 Å². The van der Waals surface area contributed by atoms with Gasteiger partial charge in [-0.3, -0.25) is 0 Å². The van der Waals surface area contributed by atoms with Gasteiger partial charge in [-0.05, 0) is 48.9 Å². The lowest BCUT2D eigenvalue weighted by Gasteiger charge is -2.06. The van der Waals surface area contributed by atoms with Crippen molar-refractivity contribution in [3.63, 3.8) is 0 Å². The molecule has 176 valence electrons. The predicted octanol–water partition coefficient (Wildman–Crippen LogP) is 6.71. The summed E-state index contributed by atoms with van der Waals surface area (Å²) in [4.78, 5) is 13.1. The van der Waals surface area contributed by atoms with Crippen LogP contribution in [0.4, 0.5) is 13.2 Å². The molecule has 1 aromatic carbocycles. The van der Waals surface area contributed by atoms with Crippen LogP contribution in [0.2, 0.25) is 5.02 Å². The zero-order valence-electron chi connectivity index (χ0n) is 17.8. The highest BCUT2D eigenvalue weighted by molar-refractivity contribution is 7.26. The van der Waals surface area contributed by atoms with Crippen LogP contribution in [-0.4, -0.2) is 24.6 Å². The van der Waals surface area contributed by atoms with E-state index in [2.05, 4.69) is 20.1 Å². The SMILES string of the molecule is Cc1cc(C(F)(F)F)nc2sc3c(ncn4nc(-c5ccc(COc6cccc(Cl)c6)o5)nc34)c12. The number of pyridine rings is 1. The third kappa shape index (κ3) is 3.86. The highest BCUT2D eigenvalue weighted by Gasteiger charge is 2.33. The minimum Gasteiger partial charge on any atom is -0.486 e. The van der Waals surface area contributed by atoms with Crippen LogP contribution >= 0.6 is 22.9 Å². The van der Waals surface area contributed by atoms with Crippen LogP contribution in [-0.2, 0) is 12.8 Å². The average molecular weight is 516 g/mol. The number of fused-ring (bicyclic) bond motifs is 5. The summed E-state index contributed by atoms with van der Waals surface area (Å²) >= 11 is 7.07. The Hall–Kier alpha value is -3.70. The molecule has 0 aliphatic carbocycles. The standard InChI is InChI=1S/C23H13ClF3N5O2S/c1-11-7-16(23(25,26)27)29-22-17(11)18-19(35-22)21-30-20(31-32(21)10-28-18)15-6-5-14(34-15)9-33-13-4-2-3-12(24)8-13/h2-8,10H,9H2,1H3. The lowest BCUT2D eigenvalue weighted by Crippen LogP contribution is -2.07. The van der Waals surface area contributed by atoms with Crippen molar-refractivity contribution in [3.8, 4) is 17.3 Å². The largest absolute Gasteiger partial charge is 0.486 e. The lowest BCUT2D eigenvalue weighted by molar-refractivity contribution is -0.141. The number of aromatic nitrogens is 5. The van der Waals surface area contributed by atoms with E-state index in [4.69, 9.17) is 20.8 Å². The number of thiophene rings is 1. The van der Waals surface area contributed by atoms with Crippen LogP contribution in [0.1, 0.15) is 17.0 Å². The average Bonchev–Trinajstić information content (AvgIpc) is 3.52. The number of ether oxygens (including phenoxy) is 1. The van der Waals surface area contributed by atoms with Gasteiger partial charge in [0, 0.05) is 10.4 Å². The first kappa shape index (κ1) is 21.8. The molecular formula is C23H13ClF3N5O2S. The van der Waals surface area contributed by atoms with E-state index in [1.54, 1.807) is 43.3 Å². The Morgan fingerprint density at radius 2 is 2.00 bits per heavy atom. The number of nitrogens with zero attached hydrogens (tertiary/aromatic N) is 5. The summed E-state index contributed by atoms with van der Waals surface area (Å²) in [5.41, 5.74) is 0.496. The van der Waals surface area contributed by atoms with Gasteiger partial charge in [-0.15, -0.1) is 16.4 Å². The fourth-order valence-corrected chi connectivity index (χ4v) is 5.11. The molecule has 0 N–H and O–H groups in total. The van der Waals surface area contributed by atoms with Gasteiger partial charge in [0.05, 0.1) is 5.52 Å². The molecule has 0 atom stereocenters. The molecule has 0 saturated heterocycles. The summed E-state index contributed by atoms with van der Waals surface area (Å²) in [6, 6.07) is 11.5. The number of aryl methyl sites for hydroxylation is 1. The molecule has 0 bridgehead atoms. The molecule has 0 saturated carbocycles. The third-order valence-corrected chi connectivity index (χ3v) is 6.62. The maximum atomic E-state index is 13.2. The van der Waals surface area contributed by atoms with E-state index in [1.807, 2.05) is 0 Å². The molecule has 0 radical (unpaired) electrons. The van der Waals surface area contributed by atoms with Crippen molar-refractivity contribution in [1.29, 1.82) is 0 Å². The molecule has 12 heteroatoms. The summed E-state index contributed by atoms with van der Waals surface area (Å²) in [7, 11) is 0. The maximum absolute atomic E-state index is 13.2. The first-order valence-electron chi connectivity index (χ1n) is 10.3. The molecule has 0 unspecified atom stereocenters. The summed E-state index contributed by atoms with van der Waals surface area (Å²) in [5.74, 6) is 1.90. The van der Waals surface area contributed by atoms with Gasteiger partial charge in [0.2, 0.25) is 5.82 Å². The molecule has 6 rings (SSSR count). The zero-order chi connectivity index (χ0) is 24.3. The van der Waals surface area contributed by atoms with E-state index < -0.39 is 11.9 Å². The van der Waals surface area contributed by atoms with Gasteiger partial charge in [0.15, 0.2) is 11.4 Å². The van der Waals surface area contributed by atoms with E-state index in [-0.39, 0.29) is 11.4 Å². The van der Waals surface area contributed by atoms with Crippen molar-refractivity contribution in [2.45, 2.75) is 19.7 Å². The fourth-order valence-electron chi connectivity index (χ4n) is 3.75. The Bertz CT molecular complexity index is 1740. The van der Waals surface area contributed by atoms with Crippen molar-refractivity contribution < 1.29 is 22.3 Å². The van der Waals surface area contributed by atoms with E-state index in [0.717, 1.165) is 17.4 Å². The van der Waals surface area contributed by atoms with Gasteiger partial charge in [-0.1, -0.05) is 17.7 Å². The Labute approximate surface area is 203 Å². The van der Waals surface area contributed by atoms with Crippen LogP contribution < -0.4 is 4.74 Å². The first-order valence-corrected chi connectivity index (χ1v) is 11.5. The lowest BCUT2D eigenvalue weighted by atomic mass is 10.1. The minimum absolute atomic E-state index is 0.183. The highest BCUT2D eigenvalue weighted by atomic mass is 35.5. The second-order valence-corrected chi connectivity index (χ2v) is 9.18. The zero-order valence-corrected chi connectivity index (χ0v) is 19.4. The molecule has 0 fully saturated rings. The fraction of sp³-hybridized carbons (Fsp3) is 0.130. The van der Waals surface area contributed by atoms with Gasteiger partial charge in [-0.2, -0.15) is 13.2 Å². The molecule has 0 amide bonds. The normalized spacial score (nSPS) is 12.3. The second-order valence-electron chi connectivity index (χ2n) is 7.74. The van der Waals surface area contributed by atoms with Gasteiger partial charge in [-0.25, -0.2) is 19.5 Å². The number of alkyl halides is 3. The third-order valence-electron chi connectivity index (χ3n) is 5.31. The van der Waals surface area contributed by atoms with Crippen molar-refractivity contribution in [2.24, 2.45) is 0 Å². The van der Waals surface area contributed by atoms with Gasteiger partial charge < -0.3 is 9.15 Å². The monoisotopic (exact) mass is 515 g/mol. The summed E-state index contributed by atoms with van der Waals surface area (Å²) in [6.07, 6.45) is -3.06. The Morgan fingerprint density at radius 1 is 1.14 bits per heavy atom. The molecule has 5 aromatic heterocycles. The molecule has 7 nitrogen and oxygen atoms in total. The molecule has 5 heterocycles. The van der Waals surface area contributed by atoms with Crippen LogP contribution in [0.15, 0.2) is 53.2 Å². The quantitative estimate of drug-likeness (QED) is 0.260. The Morgan fingerprint density at radius 3 is 2.80 bits per heavy atom. The number of furan rings is 1. The first-order chi connectivity index (χ1) is 16.8. The molecule has 0 spiro atoms. The predicted molar refractivity (Wildman–Crippen MR) is 125 cm³/mol. The van der Waals surface area contributed by atoms with E-state index in [9.17, 15) is 13.2 Å². The second kappa shape index (κ2) is 7.92.